The molecule has 0 unspecified atom stereocenters. The van der Waals surface area contributed by atoms with Crippen molar-refractivity contribution >= 4 is 44.3 Å². The molecular formula is C9H12Br2ClNO. The highest BCUT2D eigenvalue weighted by Crippen LogP contribution is 2.38. The van der Waals surface area contributed by atoms with Crippen molar-refractivity contribution in [2.24, 2.45) is 5.73 Å². The lowest BCUT2D eigenvalue weighted by Gasteiger charge is -2.13. The minimum Gasteiger partial charge on any atom is -0.506 e. The first-order valence-corrected chi connectivity index (χ1v) is 5.45. The van der Waals surface area contributed by atoms with Crippen molar-refractivity contribution in [3.63, 3.8) is 0 Å². The zero-order valence-corrected chi connectivity index (χ0v) is 11.9. The predicted molar refractivity (Wildman–Crippen MR) is 68.1 cm³/mol. The molecule has 14 heavy (non-hydrogen) atoms. The Morgan fingerprint density at radius 3 is 2.07 bits per heavy atom. The van der Waals surface area contributed by atoms with E-state index in [1.807, 2.05) is 13.8 Å². The average molecular weight is 345 g/mol. The molecule has 0 aliphatic rings. The Hall–Kier alpha value is 0.230. The standard InChI is InChI=1S/C9H11Br2NO.ClH/c1-4-6(3-12)9(13)8(11)5(2)7(4)10;/h13H,3,12H2,1-2H3;1H. The predicted octanol–water partition coefficient (Wildman–Crippen LogP) is 3.41. The number of nitrogens with two attached hydrogens (primary N) is 1. The van der Waals surface area contributed by atoms with E-state index in [2.05, 4.69) is 31.9 Å². The van der Waals surface area contributed by atoms with Crippen molar-refractivity contribution in [1.29, 1.82) is 0 Å². The van der Waals surface area contributed by atoms with Gasteiger partial charge in [-0.1, -0.05) is 15.9 Å². The number of hydrogen-bond donors (Lipinski definition) is 2. The summed E-state index contributed by atoms with van der Waals surface area (Å²) in [7, 11) is 0. The molecule has 0 spiro atoms. The van der Waals surface area contributed by atoms with Crippen LogP contribution in [-0.2, 0) is 6.54 Å². The number of hydrogen-bond acceptors (Lipinski definition) is 2. The van der Waals surface area contributed by atoms with E-state index in [1.54, 1.807) is 0 Å². The number of aromatic hydroxyl groups is 1. The van der Waals surface area contributed by atoms with E-state index in [-0.39, 0.29) is 18.2 Å². The van der Waals surface area contributed by atoms with Gasteiger partial charge in [0.1, 0.15) is 5.75 Å². The second-order valence-electron chi connectivity index (χ2n) is 2.91. The van der Waals surface area contributed by atoms with E-state index < -0.39 is 0 Å². The summed E-state index contributed by atoms with van der Waals surface area (Å²) < 4.78 is 1.71. The van der Waals surface area contributed by atoms with Crippen molar-refractivity contribution in [2.45, 2.75) is 20.4 Å². The maximum absolute atomic E-state index is 9.74. The summed E-state index contributed by atoms with van der Waals surface area (Å²) in [5.41, 5.74) is 8.31. The third kappa shape index (κ3) is 2.24. The van der Waals surface area contributed by atoms with E-state index in [0.717, 1.165) is 21.2 Å². The molecule has 1 aromatic rings. The molecule has 0 amide bonds. The molecule has 0 aliphatic carbocycles. The Morgan fingerprint density at radius 1 is 1.14 bits per heavy atom. The monoisotopic (exact) mass is 343 g/mol. The van der Waals surface area contributed by atoms with Crippen LogP contribution in [0, 0.1) is 13.8 Å². The Kier molecular flexibility index (Phi) is 5.44. The maximum Gasteiger partial charge on any atom is 0.134 e. The Balaban J connectivity index is 0.00000169. The first-order valence-electron chi connectivity index (χ1n) is 3.86. The van der Waals surface area contributed by atoms with Gasteiger partial charge in [0, 0.05) is 16.6 Å². The molecule has 0 aliphatic heterocycles. The molecule has 0 saturated heterocycles. The van der Waals surface area contributed by atoms with Crippen molar-refractivity contribution in [3.8, 4) is 5.75 Å². The fourth-order valence-electron chi connectivity index (χ4n) is 1.25. The summed E-state index contributed by atoms with van der Waals surface area (Å²) >= 11 is 6.78. The summed E-state index contributed by atoms with van der Waals surface area (Å²) in [6, 6.07) is 0. The second kappa shape index (κ2) is 5.35. The fourth-order valence-corrected chi connectivity index (χ4v) is 2.39. The Bertz CT molecular complexity index is 326. The zero-order valence-electron chi connectivity index (χ0n) is 7.90. The van der Waals surface area contributed by atoms with Crippen molar-refractivity contribution in [3.05, 3.63) is 25.6 Å². The molecule has 5 heteroatoms. The van der Waals surface area contributed by atoms with Gasteiger partial charge in [-0.05, 0) is 40.9 Å². The van der Waals surface area contributed by atoms with Gasteiger partial charge in [0.05, 0.1) is 4.47 Å². The van der Waals surface area contributed by atoms with Crippen LogP contribution in [0.15, 0.2) is 8.95 Å². The van der Waals surface area contributed by atoms with Gasteiger partial charge >= 0.3 is 0 Å². The summed E-state index contributed by atoms with van der Waals surface area (Å²) in [5.74, 6) is 0.251. The van der Waals surface area contributed by atoms with Crippen LogP contribution in [0.2, 0.25) is 0 Å². The van der Waals surface area contributed by atoms with E-state index >= 15 is 0 Å². The molecule has 80 valence electrons. The molecule has 2 nitrogen and oxygen atoms in total. The number of benzene rings is 1. The number of rotatable bonds is 1. The first-order chi connectivity index (χ1) is 6.00. The van der Waals surface area contributed by atoms with Crippen LogP contribution >= 0.6 is 44.3 Å². The Labute approximate surface area is 107 Å². The highest BCUT2D eigenvalue weighted by atomic mass is 79.9. The number of phenolic OH excluding ortho intramolecular Hbond substituents is 1. The van der Waals surface area contributed by atoms with Gasteiger partial charge in [0.2, 0.25) is 0 Å². The van der Waals surface area contributed by atoms with Crippen molar-refractivity contribution in [1.82, 2.24) is 0 Å². The molecule has 0 radical (unpaired) electrons. The highest BCUT2D eigenvalue weighted by Gasteiger charge is 2.14. The molecule has 0 fully saturated rings. The van der Waals surface area contributed by atoms with Gasteiger partial charge in [0.15, 0.2) is 0 Å². The van der Waals surface area contributed by atoms with Crippen LogP contribution < -0.4 is 5.73 Å². The van der Waals surface area contributed by atoms with Gasteiger partial charge in [-0.3, -0.25) is 0 Å². The zero-order chi connectivity index (χ0) is 10.2. The Morgan fingerprint density at radius 2 is 1.64 bits per heavy atom. The van der Waals surface area contributed by atoms with E-state index in [1.165, 1.54) is 0 Å². The molecule has 0 atom stereocenters. The lowest BCUT2D eigenvalue weighted by Crippen LogP contribution is -2.02. The van der Waals surface area contributed by atoms with Gasteiger partial charge in [0.25, 0.3) is 0 Å². The molecule has 1 aromatic carbocycles. The normalized spacial score (nSPS) is 9.79. The van der Waals surface area contributed by atoms with Gasteiger partial charge in [-0.2, -0.15) is 0 Å². The molecule has 0 heterocycles. The second-order valence-corrected chi connectivity index (χ2v) is 4.50. The van der Waals surface area contributed by atoms with Crippen LogP contribution in [0.3, 0.4) is 0 Å². The van der Waals surface area contributed by atoms with Crippen LogP contribution in [0.25, 0.3) is 0 Å². The van der Waals surface area contributed by atoms with Crippen molar-refractivity contribution < 1.29 is 5.11 Å². The van der Waals surface area contributed by atoms with Crippen LogP contribution in [0.5, 0.6) is 5.75 Å². The SMILES string of the molecule is Cc1c(Br)c(C)c(CN)c(O)c1Br.Cl. The molecule has 1 rings (SSSR count). The summed E-state index contributed by atoms with van der Waals surface area (Å²) in [5, 5.41) is 9.74. The largest absolute Gasteiger partial charge is 0.506 e. The van der Waals surface area contributed by atoms with E-state index in [0.29, 0.717) is 11.0 Å². The minimum absolute atomic E-state index is 0. The van der Waals surface area contributed by atoms with Crippen molar-refractivity contribution in [2.75, 3.05) is 0 Å². The van der Waals surface area contributed by atoms with E-state index in [9.17, 15) is 5.11 Å². The molecular weight excluding hydrogens is 333 g/mol. The molecule has 3 N–H and O–H groups in total. The molecule has 0 bridgehead atoms. The number of phenols is 1. The summed E-state index contributed by atoms with van der Waals surface area (Å²) in [4.78, 5) is 0. The van der Waals surface area contributed by atoms with Crippen LogP contribution in [-0.4, -0.2) is 5.11 Å². The summed E-state index contributed by atoms with van der Waals surface area (Å²) in [6.07, 6.45) is 0. The molecule has 0 aromatic heterocycles. The van der Waals surface area contributed by atoms with E-state index in [4.69, 9.17) is 5.73 Å². The molecule has 0 saturated carbocycles. The van der Waals surface area contributed by atoms with Gasteiger partial charge in [-0.15, -0.1) is 12.4 Å². The highest BCUT2D eigenvalue weighted by molar-refractivity contribution is 9.11. The first kappa shape index (κ1) is 14.2. The number of halogens is 3. The average Bonchev–Trinajstić information content (AvgIpc) is 2.13. The quantitative estimate of drug-likeness (QED) is 0.819. The smallest absolute Gasteiger partial charge is 0.134 e. The lowest BCUT2D eigenvalue weighted by molar-refractivity contribution is 0.463. The topological polar surface area (TPSA) is 46.2 Å². The van der Waals surface area contributed by atoms with Gasteiger partial charge in [-0.25, -0.2) is 0 Å². The third-order valence-corrected chi connectivity index (χ3v) is 4.30. The van der Waals surface area contributed by atoms with Gasteiger partial charge < -0.3 is 10.8 Å². The summed E-state index contributed by atoms with van der Waals surface area (Å²) in [6.45, 7) is 4.21. The lowest BCUT2D eigenvalue weighted by atomic mass is 10.0. The minimum atomic E-state index is 0. The van der Waals surface area contributed by atoms with Crippen LogP contribution in [0.1, 0.15) is 16.7 Å². The maximum atomic E-state index is 9.74. The van der Waals surface area contributed by atoms with Crippen LogP contribution in [0.4, 0.5) is 0 Å². The third-order valence-electron chi connectivity index (χ3n) is 2.14. The fraction of sp³-hybridized carbons (Fsp3) is 0.333.